The lowest BCUT2D eigenvalue weighted by Gasteiger charge is -2.01. The van der Waals surface area contributed by atoms with Gasteiger partial charge in [0.15, 0.2) is 0 Å². The van der Waals surface area contributed by atoms with Gasteiger partial charge in [0.1, 0.15) is 5.75 Å². The number of para-hydroxylation sites is 1. The van der Waals surface area contributed by atoms with Crippen molar-refractivity contribution in [3.63, 3.8) is 0 Å². The van der Waals surface area contributed by atoms with E-state index in [4.69, 9.17) is 4.74 Å². The van der Waals surface area contributed by atoms with Crippen molar-refractivity contribution in [1.82, 2.24) is 9.97 Å². The summed E-state index contributed by atoms with van der Waals surface area (Å²) in [6.45, 7) is 0. The molecule has 0 aliphatic carbocycles. The molecule has 0 amide bonds. The summed E-state index contributed by atoms with van der Waals surface area (Å²) in [5, 5.41) is 0. The highest BCUT2D eigenvalue weighted by molar-refractivity contribution is 5.25. The Bertz CT molecular complexity index is 465. The molecule has 0 aliphatic rings. The van der Waals surface area contributed by atoms with Crippen LogP contribution in [-0.4, -0.2) is 9.97 Å². The fourth-order valence-electron chi connectivity index (χ4n) is 1.01. The summed E-state index contributed by atoms with van der Waals surface area (Å²) in [6, 6.07) is 9.04. The van der Waals surface area contributed by atoms with Crippen LogP contribution in [0.1, 0.15) is 0 Å². The number of nitrogens with zero attached hydrogens (tertiary/aromatic N) is 1. The second-order valence-corrected chi connectivity index (χ2v) is 2.64. The van der Waals surface area contributed by atoms with Gasteiger partial charge in [-0.05, 0) is 12.1 Å². The van der Waals surface area contributed by atoms with Crippen LogP contribution in [0.4, 0.5) is 0 Å². The number of ether oxygens (including phenoxy) is 1. The third-order valence-electron chi connectivity index (χ3n) is 1.63. The fourth-order valence-corrected chi connectivity index (χ4v) is 1.01. The van der Waals surface area contributed by atoms with Crippen molar-refractivity contribution < 1.29 is 4.74 Å². The summed E-state index contributed by atoms with van der Waals surface area (Å²) in [6.07, 6.45) is 2.93. The summed E-state index contributed by atoms with van der Waals surface area (Å²) in [4.78, 5) is 17.5. The zero-order chi connectivity index (χ0) is 9.80. The van der Waals surface area contributed by atoms with E-state index in [1.54, 1.807) is 12.1 Å². The lowest BCUT2D eigenvalue weighted by Crippen LogP contribution is -2.09. The first-order chi connectivity index (χ1) is 6.86. The van der Waals surface area contributed by atoms with Gasteiger partial charge in [0, 0.05) is 12.4 Å². The standard InChI is InChI=1S/C10H8N2O2/c13-9-10(12-7-6-11-9)14-8-4-2-1-3-5-8/h1-7H,(H,11,13). The fraction of sp³-hybridized carbons (Fsp3) is 0. The minimum absolute atomic E-state index is 0.0544. The van der Waals surface area contributed by atoms with Crippen LogP contribution in [0.2, 0.25) is 0 Å². The van der Waals surface area contributed by atoms with Crippen LogP contribution in [0, 0.1) is 0 Å². The van der Waals surface area contributed by atoms with E-state index in [-0.39, 0.29) is 11.4 Å². The van der Waals surface area contributed by atoms with Crippen molar-refractivity contribution in [1.29, 1.82) is 0 Å². The SMILES string of the molecule is O=c1[nH]ccnc1Oc1ccccc1. The Morgan fingerprint density at radius 2 is 2.00 bits per heavy atom. The van der Waals surface area contributed by atoms with Gasteiger partial charge < -0.3 is 9.72 Å². The van der Waals surface area contributed by atoms with Crippen LogP contribution >= 0.6 is 0 Å². The molecule has 0 fully saturated rings. The van der Waals surface area contributed by atoms with E-state index in [1.165, 1.54) is 12.4 Å². The molecule has 2 rings (SSSR count). The third kappa shape index (κ3) is 1.80. The smallest absolute Gasteiger partial charge is 0.311 e. The zero-order valence-corrected chi connectivity index (χ0v) is 7.31. The van der Waals surface area contributed by atoms with Crippen molar-refractivity contribution >= 4 is 0 Å². The van der Waals surface area contributed by atoms with Crippen LogP contribution in [-0.2, 0) is 0 Å². The molecule has 1 aromatic carbocycles. The van der Waals surface area contributed by atoms with Crippen molar-refractivity contribution in [2.24, 2.45) is 0 Å². The Morgan fingerprint density at radius 3 is 2.71 bits per heavy atom. The normalized spacial score (nSPS) is 9.71. The lowest BCUT2D eigenvalue weighted by atomic mass is 10.3. The van der Waals surface area contributed by atoms with E-state index in [2.05, 4.69) is 9.97 Å². The maximum Gasteiger partial charge on any atom is 0.311 e. The van der Waals surface area contributed by atoms with E-state index < -0.39 is 0 Å². The third-order valence-corrected chi connectivity index (χ3v) is 1.63. The molecule has 14 heavy (non-hydrogen) atoms. The first-order valence-corrected chi connectivity index (χ1v) is 4.13. The number of hydrogen-bond acceptors (Lipinski definition) is 3. The minimum atomic E-state index is -0.337. The maximum absolute atomic E-state index is 11.2. The van der Waals surface area contributed by atoms with Crippen molar-refractivity contribution in [3.8, 4) is 11.6 Å². The second kappa shape index (κ2) is 3.74. The molecule has 0 spiro atoms. The van der Waals surface area contributed by atoms with Gasteiger partial charge in [-0.1, -0.05) is 18.2 Å². The number of aromatic amines is 1. The Balaban J connectivity index is 2.28. The number of nitrogens with one attached hydrogen (secondary N) is 1. The molecule has 0 saturated heterocycles. The number of rotatable bonds is 2. The molecule has 0 atom stereocenters. The van der Waals surface area contributed by atoms with Crippen molar-refractivity contribution in [3.05, 3.63) is 53.1 Å². The molecule has 1 aromatic heterocycles. The molecule has 4 nitrogen and oxygen atoms in total. The number of aromatic nitrogens is 2. The van der Waals surface area contributed by atoms with Gasteiger partial charge in [0.05, 0.1) is 0 Å². The number of hydrogen-bond donors (Lipinski definition) is 1. The molecule has 70 valence electrons. The second-order valence-electron chi connectivity index (χ2n) is 2.64. The van der Waals surface area contributed by atoms with Crippen LogP contribution in [0.25, 0.3) is 0 Å². The van der Waals surface area contributed by atoms with Gasteiger partial charge >= 0.3 is 5.56 Å². The predicted octanol–water partition coefficient (Wildman–Crippen LogP) is 1.56. The van der Waals surface area contributed by atoms with Crippen molar-refractivity contribution in [2.45, 2.75) is 0 Å². The summed E-state index contributed by atoms with van der Waals surface area (Å²) in [5.74, 6) is 0.649. The predicted molar refractivity (Wildman–Crippen MR) is 51.4 cm³/mol. The Labute approximate surface area is 80.2 Å². The van der Waals surface area contributed by atoms with E-state index in [0.29, 0.717) is 5.75 Å². The highest BCUT2D eigenvalue weighted by atomic mass is 16.5. The summed E-state index contributed by atoms with van der Waals surface area (Å²) in [5.41, 5.74) is -0.337. The Hall–Kier alpha value is -2.10. The van der Waals surface area contributed by atoms with E-state index >= 15 is 0 Å². The average molecular weight is 188 g/mol. The highest BCUT2D eigenvalue weighted by Gasteiger charge is 2.01. The molecule has 4 heteroatoms. The molecule has 2 aromatic rings. The van der Waals surface area contributed by atoms with Gasteiger partial charge in [0.2, 0.25) is 0 Å². The van der Waals surface area contributed by atoms with Gasteiger partial charge in [-0.25, -0.2) is 4.98 Å². The van der Waals surface area contributed by atoms with E-state index in [9.17, 15) is 4.79 Å². The molecule has 0 bridgehead atoms. The van der Waals surface area contributed by atoms with Gasteiger partial charge in [-0.15, -0.1) is 0 Å². The topological polar surface area (TPSA) is 55.0 Å². The molecular formula is C10H8N2O2. The van der Waals surface area contributed by atoms with Gasteiger partial charge in [-0.2, -0.15) is 0 Å². The van der Waals surface area contributed by atoms with Gasteiger partial charge in [-0.3, -0.25) is 4.79 Å². The van der Waals surface area contributed by atoms with Gasteiger partial charge in [0.25, 0.3) is 5.88 Å². The molecule has 0 aliphatic heterocycles. The van der Waals surface area contributed by atoms with Crippen LogP contribution < -0.4 is 10.3 Å². The van der Waals surface area contributed by atoms with Crippen LogP contribution in [0.15, 0.2) is 47.5 Å². The van der Waals surface area contributed by atoms with E-state index in [1.807, 2.05) is 18.2 Å². The monoisotopic (exact) mass is 188 g/mol. The first-order valence-electron chi connectivity index (χ1n) is 4.13. The average Bonchev–Trinajstić information content (AvgIpc) is 2.23. The lowest BCUT2D eigenvalue weighted by molar-refractivity contribution is 0.454. The minimum Gasteiger partial charge on any atom is -0.435 e. The van der Waals surface area contributed by atoms with Crippen LogP contribution in [0.3, 0.4) is 0 Å². The quantitative estimate of drug-likeness (QED) is 0.778. The largest absolute Gasteiger partial charge is 0.435 e. The number of benzene rings is 1. The van der Waals surface area contributed by atoms with E-state index in [0.717, 1.165) is 0 Å². The zero-order valence-electron chi connectivity index (χ0n) is 7.31. The first kappa shape index (κ1) is 8.50. The molecule has 0 radical (unpaired) electrons. The molecular weight excluding hydrogens is 180 g/mol. The molecule has 0 unspecified atom stereocenters. The summed E-state index contributed by atoms with van der Waals surface area (Å²) >= 11 is 0. The number of H-pyrrole nitrogens is 1. The molecule has 1 heterocycles. The van der Waals surface area contributed by atoms with Crippen LogP contribution in [0.5, 0.6) is 11.6 Å². The summed E-state index contributed by atoms with van der Waals surface area (Å²) in [7, 11) is 0. The molecule has 1 N–H and O–H groups in total. The molecule has 0 saturated carbocycles. The summed E-state index contributed by atoms with van der Waals surface area (Å²) < 4.78 is 5.25. The van der Waals surface area contributed by atoms with Crippen molar-refractivity contribution in [2.75, 3.05) is 0 Å². The Morgan fingerprint density at radius 1 is 1.21 bits per heavy atom. The highest BCUT2D eigenvalue weighted by Crippen LogP contribution is 2.13. The Kier molecular flexibility index (Phi) is 2.27. The maximum atomic E-state index is 11.2.